The fourth-order valence-corrected chi connectivity index (χ4v) is 2.15. The predicted molar refractivity (Wildman–Crippen MR) is 128 cm³/mol. The lowest BCUT2D eigenvalue weighted by Crippen LogP contribution is -2.34. The summed E-state index contributed by atoms with van der Waals surface area (Å²) in [5.74, 6) is 1.25. The Morgan fingerprint density at radius 3 is 2.66 bits per heavy atom. The summed E-state index contributed by atoms with van der Waals surface area (Å²) in [6, 6.07) is 7.64. The molecular formula is C20H35IN4O4. The molecule has 0 fully saturated rings. The van der Waals surface area contributed by atoms with Crippen molar-refractivity contribution in [2.45, 2.75) is 19.8 Å². The number of methoxy groups -OCH3 is 1. The molecule has 0 atom stereocenters. The molecule has 0 radical (unpaired) electrons. The first-order chi connectivity index (χ1) is 13.6. The fourth-order valence-electron chi connectivity index (χ4n) is 2.15. The van der Waals surface area contributed by atoms with E-state index in [1.807, 2.05) is 31.2 Å². The molecule has 29 heavy (non-hydrogen) atoms. The number of carbonyl (C=O) groups is 1. The lowest BCUT2D eigenvalue weighted by Gasteiger charge is -2.15. The number of halogens is 1. The summed E-state index contributed by atoms with van der Waals surface area (Å²) < 4.78 is 16.1. The quantitative estimate of drug-likeness (QED) is 0.179. The minimum atomic E-state index is -0.0642. The smallest absolute Gasteiger partial charge is 0.243 e. The van der Waals surface area contributed by atoms with Gasteiger partial charge in [0.2, 0.25) is 5.91 Å². The van der Waals surface area contributed by atoms with Crippen LogP contribution in [-0.4, -0.2) is 77.5 Å². The molecule has 8 nitrogen and oxygen atoms in total. The monoisotopic (exact) mass is 522 g/mol. The predicted octanol–water partition coefficient (Wildman–Crippen LogP) is 2.59. The summed E-state index contributed by atoms with van der Waals surface area (Å²) in [6.45, 7) is 5.37. The van der Waals surface area contributed by atoms with Crippen LogP contribution < -0.4 is 15.4 Å². The van der Waals surface area contributed by atoms with Crippen molar-refractivity contribution in [1.29, 1.82) is 0 Å². The SMILES string of the molecule is CCOCCCNC(=NCC(=O)N(C)C)Nc1cccc(OCCCOC)c1.I. The highest BCUT2D eigenvalue weighted by molar-refractivity contribution is 14.0. The van der Waals surface area contributed by atoms with Crippen LogP contribution in [0.5, 0.6) is 5.75 Å². The van der Waals surface area contributed by atoms with Gasteiger partial charge in [-0.15, -0.1) is 24.0 Å². The fraction of sp³-hybridized carbons (Fsp3) is 0.600. The zero-order chi connectivity index (χ0) is 20.6. The van der Waals surface area contributed by atoms with Gasteiger partial charge in [0.1, 0.15) is 12.3 Å². The topological polar surface area (TPSA) is 84.4 Å². The van der Waals surface area contributed by atoms with E-state index in [4.69, 9.17) is 14.2 Å². The molecule has 166 valence electrons. The lowest BCUT2D eigenvalue weighted by atomic mass is 10.3. The average molecular weight is 522 g/mol. The van der Waals surface area contributed by atoms with E-state index in [0.29, 0.717) is 38.9 Å². The molecule has 0 heterocycles. The maximum absolute atomic E-state index is 11.9. The molecule has 0 aliphatic carbocycles. The molecule has 1 aromatic rings. The first-order valence-corrected chi connectivity index (χ1v) is 9.61. The number of hydrogen-bond donors (Lipinski definition) is 2. The Labute approximate surface area is 191 Å². The van der Waals surface area contributed by atoms with E-state index in [1.54, 1.807) is 21.2 Å². The molecule has 0 aliphatic heterocycles. The zero-order valence-electron chi connectivity index (χ0n) is 17.9. The van der Waals surface area contributed by atoms with Crippen molar-refractivity contribution in [3.8, 4) is 5.75 Å². The van der Waals surface area contributed by atoms with Gasteiger partial charge in [0.15, 0.2) is 5.96 Å². The van der Waals surface area contributed by atoms with Crippen molar-refractivity contribution in [3.63, 3.8) is 0 Å². The first kappa shape index (κ1) is 27.4. The number of benzene rings is 1. The van der Waals surface area contributed by atoms with Crippen LogP contribution in [0.2, 0.25) is 0 Å². The minimum Gasteiger partial charge on any atom is -0.493 e. The van der Waals surface area contributed by atoms with Crippen molar-refractivity contribution >= 4 is 41.5 Å². The number of carbonyl (C=O) groups excluding carboxylic acids is 1. The van der Waals surface area contributed by atoms with Crippen LogP contribution in [0.1, 0.15) is 19.8 Å². The second kappa shape index (κ2) is 17.3. The normalized spacial score (nSPS) is 10.8. The maximum atomic E-state index is 11.9. The Bertz CT molecular complexity index is 600. The Morgan fingerprint density at radius 1 is 1.17 bits per heavy atom. The third-order valence-electron chi connectivity index (χ3n) is 3.69. The average Bonchev–Trinajstić information content (AvgIpc) is 2.69. The van der Waals surface area contributed by atoms with Gasteiger partial charge in [0, 0.05) is 65.7 Å². The van der Waals surface area contributed by atoms with E-state index < -0.39 is 0 Å². The van der Waals surface area contributed by atoms with Crippen molar-refractivity contribution in [1.82, 2.24) is 10.2 Å². The summed E-state index contributed by atoms with van der Waals surface area (Å²) in [7, 11) is 5.10. The first-order valence-electron chi connectivity index (χ1n) is 9.61. The Morgan fingerprint density at radius 2 is 1.97 bits per heavy atom. The number of nitrogens with zero attached hydrogens (tertiary/aromatic N) is 2. The summed E-state index contributed by atoms with van der Waals surface area (Å²) in [6.07, 6.45) is 1.67. The van der Waals surface area contributed by atoms with Crippen LogP contribution in [0.4, 0.5) is 5.69 Å². The standard InChI is InChI=1S/C20H34N4O4.HI/c1-5-27-13-7-11-21-20(22-16-19(25)24(2)3)23-17-9-6-10-18(15-17)28-14-8-12-26-4;/h6,9-10,15H,5,7-8,11-14,16H2,1-4H3,(H2,21,22,23);1H. The molecule has 2 N–H and O–H groups in total. The van der Waals surface area contributed by atoms with Gasteiger partial charge in [-0.05, 0) is 25.5 Å². The highest BCUT2D eigenvalue weighted by Gasteiger charge is 2.06. The van der Waals surface area contributed by atoms with Crippen LogP contribution in [0.25, 0.3) is 0 Å². The number of ether oxygens (including phenoxy) is 3. The molecule has 0 spiro atoms. The Balaban J connectivity index is 0.00000784. The van der Waals surface area contributed by atoms with E-state index in [9.17, 15) is 4.79 Å². The van der Waals surface area contributed by atoms with E-state index in [0.717, 1.165) is 24.3 Å². The molecule has 0 aliphatic rings. The number of anilines is 1. The van der Waals surface area contributed by atoms with E-state index in [2.05, 4.69) is 15.6 Å². The molecule has 0 saturated carbocycles. The molecule has 0 aromatic heterocycles. The van der Waals surface area contributed by atoms with Gasteiger partial charge in [-0.3, -0.25) is 4.79 Å². The molecule has 1 rings (SSSR count). The third kappa shape index (κ3) is 13.3. The van der Waals surface area contributed by atoms with Gasteiger partial charge in [0.05, 0.1) is 6.61 Å². The molecule has 0 bridgehead atoms. The zero-order valence-corrected chi connectivity index (χ0v) is 20.2. The second-order valence-corrected chi connectivity index (χ2v) is 6.28. The van der Waals surface area contributed by atoms with Crippen molar-refractivity contribution in [2.75, 3.05) is 66.0 Å². The molecule has 1 aromatic carbocycles. The van der Waals surface area contributed by atoms with Crippen LogP contribution in [0.3, 0.4) is 0 Å². The van der Waals surface area contributed by atoms with Gasteiger partial charge in [-0.2, -0.15) is 0 Å². The molecular weight excluding hydrogens is 487 g/mol. The summed E-state index contributed by atoms with van der Waals surface area (Å²) in [5.41, 5.74) is 0.831. The van der Waals surface area contributed by atoms with Gasteiger partial charge in [-0.25, -0.2) is 4.99 Å². The number of likely N-dealkylation sites (N-methyl/N-ethyl adjacent to an activating group) is 1. The second-order valence-electron chi connectivity index (χ2n) is 6.28. The van der Waals surface area contributed by atoms with Crippen molar-refractivity contribution in [2.24, 2.45) is 4.99 Å². The van der Waals surface area contributed by atoms with E-state index in [-0.39, 0.29) is 36.4 Å². The van der Waals surface area contributed by atoms with Crippen molar-refractivity contribution < 1.29 is 19.0 Å². The number of nitrogens with one attached hydrogen (secondary N) is 2. The van der Waals surface area contributed by atoms with Gasteiger partial charge in [0.25, 0.3) is 0 Å². The Kier molecular flexibility index (Phi) is 16.3. The minimum absolute atomic E-state index is 0. The van der Waals surface area contributed by atoms with Gasteiger partial charge < -0.3 is 29.7 Å². The molecule has 0 saturated heterocycles. The summed E-state index contributed by atoms with van der Waals surface area (Å²) >= 11 is 0. The highest BCUT2D eigenvalue weighted by atomic mass is 127. The van der Waals surface area contributed by atoms with Gasteiger partial charge in [-0.1, -0.05) is 6.07 Å². The van der Waals surface area contributed by atoms with E-state index >= 15 is 0 Å². The lowest BCUT2D eigenvalue weighted by molar-refractivity contribution is -0.127. The molecule has 0 unspecified atom stereocenters. The number of aliphatic imine (C=N–C) groups is 1. The largest absolute Gasteiger partial charge is 0.493 e. The number of amides is 1. The number of rotatable bonds is 13. The maximum Gasteiger partial charge on any atom is 0.243 e. The van der Waals surface area contributed by atoms with E-state index in [1.165, 1.54) is 4.90 Å². The van der Waals surface area contributed by atoms with Crippen LogP contribution >= 0.6 is 24.0 Å². The Hall–Kier alpha value is -1.59. The summed E-state index contributed by atoms with van der Waals surface area (Å²) in [5, 5.41) is 6.46. The third-order valence-corrected chi connectivity index (χ3v) is 3.69. The van der Waals surface area contributed by atoms with Crippen molar-refractivity contribution in [3.05, 3.63) is 24.3 Å². The van der Waals surface area contributed by atoms with Crippen LogP contribution in [0, 0.1) is 0 Å². The highest BCUT2D eigenvalue weighted by Crippen LogP contribution is 2.17. The molecule has 9 heteroatoms. The summed E-state index contributed by atoms with van der Waals surface area (Å²) in [4.78, 5) is 17.8. The van der Waals surface area contributed by atoms with Crippen LogP contribution in [0.15, 0.2) is 29.3 Å². The van der Waals surface area contributed by atoms with Crippen LogP contribution in [-0.2, 0) is 14.3 Å². The number of guanidine groups is 1. The number of hydrogen-bond acceptors (Lipinski definition) is 5. The van der Waals surface area contributed by atoms with Gasteiger partial charge >= 0.3 is 0 Å². The molecule has 1 amide bonds.